The van der Waals surface area contributed by atoms with Crippen molar-refractivity contribution in [3.8, 4) is 0 Å². The van der Waals surface area contributed by atoms with Gasteiger partial charge in [0.2, 0.25) is 0 Å². The molecule has 4 aromatic rings. The second kappa shape index (κ2) is 5.14. The largest absolute Gasteiger partial charge is 0.378 e. The van der Waals surface area contributed by atoms with E-state index in [1.807, 2.05) is 24.5 Å². The normalized spacial score (nSPS) is 11.0. The standard InChI is InChI=1S/C17H14N3.Ir/c1-19(2)12-7-8-16-15(11-12)13-5-3-4-6-14(13)17-18-9-10-20(16)17;/h3-5,7-11H,1-2H3;/q-1;. The third-order valence-corrected chi connectivity index (χ3v) is 3.77. The quantitative estimate of drug-likeness (QED) is 0.326. The van der Waals surface area contributed by atoms with Gasteiger partial charge in [-0.2, -0.15) is 0 Å². The first-order valence-electron chi connectivity index (χ1n) is 6.62. The number of hydrogen-bond donors (Lipinski definition) is 0. The van der Waals surface area contributed by atoms with E-state index in [2.05, 4.69) is 58.7 Å². The van der Waals surface area contributed by atoms with Crippen LogP contribution in [0.15, 0.2) is 48.8 Å². The van der Waals surface area contributed by atoms with Gasteiger partial charge in [-0.25, -0.2) is 0 Å². The van der Waals surface area contributed by atoms with Gasteiger partial charge in [0.1, 0.15) is 0 Å². The molecular formula is C17H14IrN3-. The summed E-state index contributed by atoms with van der Waals surface area (Å²) >= 11 is 0. The second-order valence-electron chi connectivity index (χ2n) is 5.18. The number of pyridine rings is 1. The van der Waals surface area contributed by atoms with E-state index in [4.69, 9.17) is 0 Å². The molecule has 4 heteroatoms. The fourth-order valence-corrected chi connectivity index (χ4v) is 2.76. The van der Waals surface area contributed by atoms with Crippen molar-refractivity contribution in [1.29, 1.82) is 0 Å². The van der Waals surface area contributed by atoms with Crippen molar-refractivity contribution < 1.29 is 20.1 Å². The molecule has 0 amide bonds. The van der Waals surface area contributed by atoms with E-state index >= 15 is 0 Å². The minimum atomic E-state index is 0. The van der Waals surface area contributed by atoms with Gasteiger partial charge in [-0.3, -0.25) is 4.98 Å². The molecule has 0 aliphatic rings. The minimum Gasteiger partial charge on any atom is -0.378 e. The minimum absolute atomic E-state index is 0. The van der Waals surface area contributed by atoms with E-state index in [1.54, 1.807) is 0 Å². The van der Waals surface area contributed by atoms with Gasteiger partial charge in [-0.15, -0.1) is 29.7 Å². The van der Waals surface area contributed by atoms with Crippen LogP contribution in [-0.2, 0) is 20.1 Å². The Labute approximate surface area is 136 Å². The summed E-state index contributed by atoms with van der Waals surface area (Å²) in [5.41, 5.74) is 3.34. The van der Waals surface area contributed by atoms with Crippen molar-refractivity contribution in [1.82, 2.24) is 9.38 Å². The molecule has 2 aromatic heterocycles. The number of rotatable bonds is 1. The summed E-state index contributed by atoms with van der Waals surface area (Å²) in [5.74, 6) is 0. The third kappa shape index (κ3) is 2.03. The second-order valence-corrected chi connectivity index (χ2v) is 5.18. The summed E-state index contributed by atoms with van der Waals surface area (Å²) in [5, 5.41) is 3.50. The predicted molar refractivity (Wildman–Crippen MR) is 83.4 cm³/mol. The van der Waals surface area contributed by atoms with Crippen molar-refractivity contribution >= 4 is 33.0 Å². The zero-order valence-electron chi connectivity index (χ0n) is 11.8. The van der Waals surface area contributed by atoms with Crippen LogP contribution < -0.4 is 4.90 Å². The molecule has 2 heterocycles. The molecule has 107 valence electrons. The first-order chi connectivity index (χ1) is 9.75. The first-order valence-corrected chi connectivity index (χ1v) is 6.62. The van der Waals surface area contributed by atoms with Crippen LogP contribution >= 0.6 is 0 Å². The Morgan fingerprint density at radius 2 is 2.00 bits per heavy atom. The number of nitrogens with zero attached hydrogens (tertiary/aromatic N) is 3. The Balaban J connectivity index is 0.00000132. The summed E-state index contributed by atoms with van der Waals surface area (Å²) in [4.78, 5) is 6.60. The Kier molecular flexibility index (Phi) is 3.44. The van der Waals surface area contributed by atoms with Gasteiger partial charge in [0, 0.05) is 57.8 Å². The molecule has 0 fully saturated rings. The van der Waals surface area contributed by atoms with E-state index in [-0.39, 0.29) is 20.1 Å². The summed E-state index contributed by atoms with van der Waals surface area (Å²) in [6.45, 7) is 0. The SMILES string of the molecule is CN(C)c1ccc2c(c1)c1ccc[c-]c1c1nccn21.[Ir]. The molecule has 0 N–H and O–H groups in total. The van der Waals surface area contributed by atoms with Crippen LogP contribution in [0.5, 0.6) is 0 Å². The van der Waals surface area contributed by atoms with Crippen LogP contribution in [0.3, 0.4) is 0 Å². The van der Waals surface area contributed by atoms with E-state index in [1.165, 1.54) is 22.0 Å². The van der Waals surface area contributed by atoms with Crippen molar-refractivity contribution in [3.63, 3.8) is 0 Å². The molecule has 2 aromatic carbocycles. The van der Waals surface area contributed by atoms with Crippen LogP contribution in [0.1, 0.15) is 0 Å². The molecule has 0 saturated carbocycles. The number of hydrogen-bond acceptors (Lipinski definition) is 2. The van der Waals surface area contributed by atoms with Gasteiger partial charge >= 0.3 is 0 Å². The maximum atomic E-state index is 4.48. The van der Waals surface area contributed by atoms with Gasteiger partial charge in [-0.05, 0) is 23.6 Å². The van der Waals surface area contributed by atoms with E-state index < -0.39 is 0 Å². The summed E-state index contributed by atoms with van der Waals surface area (Å²) in [6.07, 6.45) is 3.85. The summed E-state index contributed by atoms with van der Waals surface area (Å²) in [6, 6.07) is 16.0. The van der Waals surface area contributed by atoms with Crippen LogP contribution in [0.2, 0.25) is 0 Å². The molecule has 0 aliphatic heterocycles. The Morgan fingerprint density at radius 3 is 2.81 bits per heavy atom. The average Bonchev–Trinajstić information content (AvgIpc) is 2.96. The van der Waals surface area contributed by atoms with E-state index in [0.717, 1.165) is 11.0 Å². The van der Waals surface area contributed by atoms with Gasteiger partial charge in [0.05, 0.1) is 5.65 Å². The van der Waals surface area contributed by atoms with E-state index in [0.29, 0.717) is 0 Å². The van der Waals surface area contributed by atoms with E-state index in [9.17, 15) is 0 Å². The Bertz CT molecular complexity index is 941. The Morgan fingerprint density at radius 1 is 1.14 bits per heavy atom. The third-order valence-electron chi connectivity index (χ3n) is 3.77. The molecular weight excluding hydrogens is 438 g/mol. The molecule has 0 spiro atoms. The van der Waals surface area contributed by atoms with Gasteiger partial charge in [0.15, 0.2) is 0 Å². The number of benzene rings is 2. The first kappa shape index (κ1) is 14.1. The molecule has 3 nitrogen and oxygen atoms in total. The Hall–Kier alpha value is -1.90. The smallest absolute Gasteiger partial charge is 0.0608 e. The molecule has 0 unspecified atom stereocenters. The maximum absolute atomic E-state index is 4.48. The molecule has 4 rings (SSSR count). The van der Waals surface area contributed by atoms with Crippen LogP contribution in [-0.4, -0.2) is 23.5 Å². The molecule has 0 aliphatic carbocycles. The monoisotopic (exact) mass is 453 g/mol. The molecule has 21 heavy (non-hydrogen) atoms. The molecule has 0 saturated heterocycles. The van der Waals surface area contributed by atoms with Crippen LogP contribution in [0.25, 0.3) is 27.3 Å². The number of imidazole rings is 1. The molecule has 0 bridgehead atoms. The topological polar surface area (TPSA) is 20.5 Å². The van der Waals surface area contributed by atoms with Gasteiger partial charge in [-0.1, -0.05) is 5.39 Å². The summed E-state index contributed by atoms with van der Waals surface area (Å²) in [7, 11) is 4.12. The van der Waals surface area contributed by atoms with Crippen molar-refractivity contribution in [2.24, 2.45) is 0 Å². The predicted octanol–water partition coefficient (Wildman–Crippen LogP) is 3.50. The number of anilines is 1. The van der Waals surface area contributed by atoms with Crippen molar-refractivity contribution in [2.75, 3.05) is 19.0 Å². The fourth-order valence-electron chi connectivity index (χ4n) is 2.76. The van der Waals surface area contributed by atoms with Crippen LogP contribution in [0.4, 0.5) is 5.69 Å². The van der Waals surface area contributed by atoms with Gasteiger partial charge in [0.25, 0.3) is 0 Å². The summed E-state index contributed by atoms with van der Waals surface area (Å²) < 4.78 is 2.13. The fraction of sp³-hybridized carbons (Fsp3) is 0.118. The average molecular weight is 453 g/mol. The zero-order chi connectivity index (χ0) is 13.7. The van der Waals surface area contributed by atoms with Crippen molar-refractivity contribution in [2.45, 2.75) is 0 Å². The molecule has 0 atom stereocenters. The maximum Gasteiger partial charge on any atom is 0.0608 e. The number of aromatic nitrogens is 2. The van der Waals surface area contributed by atoms with Crippen LogP contribution in [0, 0.1) is 6.07 Å². The number of fused-ring (bicyclic) bond motifs is 6. The zero-order valence-corrected chi connectivity index (χ0v) is 14.2. The van der Waals surface area contributed by atoms with Gasteiger partial charge < -0.3 is 9.30 Å². The molecule has 1 radical (unpaired) electrons. The van der Waals surface area contributed by atoms with Crippen molar-refractivity contribution in [3.05, 3.63) is 54.9 Å².